The van der Waals surface area contributed by atoms with E-state index in [1.54, 1.807) is 25.4 Å². The molecule has 2 heterocycles. The summed E-state index contributed by atoms with van der Waals surface area (Å²) in [5.74, 6) is 1.85. The lowest BCUT2D eigenvalue weighted by Crippen LogP contribution is -2.54. The van der Waals surface area contributed by atoms with Gasteiger partial charge in [-0.25, -0.2) is 4.79 Å². The van der Waals surface area contributed by atoms with Crippen LogP contribution in [0.1, 0.15) is 25.7 Å². The molecule has 1 N–H and O–H groups in total. The molecule has 2 aliphatic carbocycles. The summed E-state index contributed by atoms with van der Waals surface area (Å²) >= 11 is 0. The molecule has 24 heavy (non-hydrogen) atoms. The average Bonchev–Trinajstić information content (AvgIpc) is 3.22. The Hall–Kier alpha value is -1.82. The Bertz CT molecular complexity index is 678. The summed E-state index contributed by atoms with van der Waals surface area (Å²) < 4.78 is 1.47. The van der Waals surface area contributed by atoms with Gasteiger partial charge in [-0.05, 0) is 43.2 Å². The maximum Gasteiger partial charge on any atom is 0.322 e. The van der Waals surface area contributed by atoms with E-state index in [-0.39, 0.29) is 11.6 Å². The number of carbonyl (C=O) groups is 1. The lowest BCUT2D eigenvalue weighted by molar-refractivity contribution is 0.0860. The number of piperazine rings is 1. The third kappa shape index (κ3) is 2.83. The summed E-state index contributed by atoms with van der Waals surface area (Å²) in [5, 5.41) is 2.77. The third-order valence-corrected chi connectivity index (χ3v) is 6.14. The van der Waals surface area contributed by atoms with Crippen molar-refractivity contribution in [3.8, 4) is 0 Å². The van der Waals surface area contributed by atoms with E-state index in [2.05, 4.69) is 10.2 Å². The molecule has 1 aromatic heterocycles. The molecular weight excluding hydrogens is 304 g/mol. The van der Waals surface area contributed by atoms with Crippen LogP contribution < -0.4 is 10.9 Å². The summed E-state index contributed by atoms with van der Waals surface area (Å²) in [6.07, 6.45) is 7.29. The van der Waals surface area contributed by atoms with Gasteiger partial charge in [0.05, 0.1) is 0 Å². The van der Waals surface area contributed by atoms with Crippen LogP contribution in [0.15, 0.2) is 23.1 Å². The summed E-state index contributed by atoms with van der Waals surface area (Å²) in [6, 6.07) is 4.01. The monoisotopic (exact) mass is 330 g/mol. The number of hydrogen-bond acceptors (Lipinski definition) is 3. The van der Waals surface area contributed by atoms with E-state index in [1.165, 1.54) is 30.3 Å². The van der Waals surface area contributed by atoms with Gasteiger partial charge < -0.3 is 14.8 Å². The van der Waals surface area contributed by atoms with Crippen LogP contribution in [0.2, 0.25) is 0 Å². The van der Waals surface area contributed by atoms with E-state index in [4.69, 9.17) is 0 Å². The van der Waals surface area contributed by atoms with Crippen LogP contribution in [0.5, 0.6) is 0 Å². The number of hydrogen-bond donors (Lipinski definition) is 1. The summed E-state index contributed by atoms with van der Waals surface area (Å²) in [7, 11) is 1.69. The zero-order valence-electron chi connectivity index (χ0n) is 14.3. The van der Waals surface area contributed by atoms with Crippen molar-refractivity contribution in [1.82, 2.24) is 14.4 Å². The number of pyridine rings is 1. The molecule has 3 fully saturated rings. The number of rotatable bonds is 2. The summed E-state index contributed by atoms with van der Waals surface area (Å²) in [4.78, 5) is 28.9. The number of carbonyl (C=O) groups excluding carboxylic acids is 1. The van der Waals surface area contributed by atoms with Crippen molar-refractivity contribution in [2.75, 3.05) is 31.5 Å². The largest absolute Gasteiger partial charge is 0.322 e. The Morgan fingerprint density at radius 3 is 2.62 bits per heavy atom. The summed E-state index contributed by atoms with van der Waals surface area (Å²) in [6.45, 7) is 3.39. The molecule has 3 atom stereocenters. The number of urea groups is 1. The van der Waals surface area contributed by atoms with Crippen molar-refractivity contribution in [2.45, 2.75) is 31.7 Å². The molecule has 0 spiro atoms. The Morgan fingerprint density at radius 2 is 1.96 bits per heavy atom. The highest BCUT2D eigenvalue weighted by molar-refractivity contribution is 5.89. The fraction of sp³-hybridized carbons (Fsp3) is 0.667. The van der Waals surface area contributed by atoms with Crippen molar-refractivity contribution < 1.29 is 4.79 Å². The van der Waals surface area contributed by atoms with Crippen LogP contribution in [-0.4, -0.2) is 52.6 Å². The van der Waals surface area contributed by atoms with Crippen LogP contribution in [0.25, 0.3) is 0 Å². The lowest BCUT2D eigenvalue weighted by atomic mass is 9.93. The van der Waals surface area contributed by atoms with Gasteiger partial charge in [-0.1, -0.05) is 6.42 Å². The van der Waals surface area contributed by atoms with Crippen LogP contribution >= 0.6 is 0 Å². The zero-order chi connectivity index (χ0) is 16.7. The molecule has 1 aromatic rings. The highest BCUT2D eigenvalue weighted by atomic mass is 16.2. The molecule has 6 heteroatoms. The molecule has 1 aliphatic heterocycles. The van der Waals surface area contributed by atoms with E-state index in [0.717, 1.165) is 44.1 Å². The smallest absolute Gasteiger partial charge is 0.322 e. The first-order valence-electron chi connectivity index (χ1n) is 9.07. The first kappa shape index (κ1) is 15.7. The number of amides is 2. The highest BCUT2D eigenvalue weighted by Gasteiger charge is 2.42. The second-order valence-electron chi connectivity index (χ2n) is 7.53. The molecule has 0 radical (unpaired) electrons. The van der Waals surface area contributed by atoms with Crippen LogP contribution in [0.4, 0.5) is 10.5 Å². The van der Waals surface area contributed by atoms with Gasteiger partial charge in [-0.2, -0.15) is 0 Å². The van der Waals surface area contributed by atoms with Crippen LogP contribution in [-0.2, 0) is 7.05 Å². The van der Waals surface area contributed by atoms with Crippen molar-refractivity contribution in [3.63, 3.8) is 0 Å². The van der Waals surface area contributed by atoms with E-state index >= 15 is 0 Å². The quantitative estimate of drug-likeness (QED) is 0.898. The molecule has 2 amide bonds. The first-order valence-corrected chi connectivity index (χ1v) is 9.07. The van der Waals surface area contributed by atoms with Crippen molar-refractivity contribution in [2.24, 2.45) is 18.9 Å². The summed E-state index contributed by atoms with van der Waals surface area (Å²) in [5.41, 5.74) is 0.173. The topological polar surface area (TPSA) is 57.6 Å². The molecule has 6 nitrogen and oxygen atoms in total. The van der Waals surface area contributed by atoms with Gasteiger partial charge in [0.2, 0.25) is 0 Å². The van der Waals surface area contributed by atoms with E-state index in [0.29, 0.717) is 5.69 Å². The number of nitrogens with one attached hydrogen (secondary N) is 1. The number of nitrogens with zero attached hydrogens (tertiary/aromatic N) is 3. The molecule has 3 unspecified atom stereocenters. The fourth-order valence-electron chi connectivity index (χ4n) is 4.80. The number of anilines is 1. The maximum absolute atomic E-state index is 12.4. The minimum absolute atomic E-state index is 0.161. The molecular formula is C18H26N4O2. The van der Waals surface area contributed by atoms with E-state index < -0.39 is 0 Å². The Morgan fingerprint density at radius 1 is 1.17 bits per heavy atom. The third-order valence-electron chi connectivity index (χ3n) is 6.14. The van der Waals surface area contributed by atoms with Crippen molar-refractivity contribution >= 4 is 11.7 Å². The predicted molar refractivity (Wildman–Crippen MR) is 93.1 cm³/mol. The number of aryl methyl sites for hydroxylation is 1. The van der Waals surface area contributed by atoms with Gasteiger partial charge in [-0.3, -0.25) is 9.69 Å². The van der Waals surface area contributed by atoms with Crippen molar-refractivity contribution in [3.05, 3.63) is 28.7 Å². The Kier molecular flexibility index (Phi) is 4.08. The predicted octanol–water partition coefficient (Wildman–Crippen LogP) is 1.72. The minimum Gasteiger partial charge on any atom is -0.322 e. The second kappa shape index (κ2) is 6.24. The fourth-order valence-corrected chi connectivity index (χ4v) is 4.80. The SMILES string of the molecule is Cn1cccc(NC(=O)N2CCN(C3CC4CCC3C4)CC2)c1=O. The number of aromatic nitrogens is 1. The second-order valence-corrected chi connectivity index (χ2v) is 7.53. The van der Waals surface area contributed by atoms with Gasteiger partial charge in [-0.15, -0.1) is 0 Å². The van der Waals surface area contributed by atoms with Crippen LogP contribution in [0, 0.1) is 11.8 Å². The number of fused-ring (bicyclic) bond motifs is 2. The molecule has 2 bridgehead atoms. The van der Waals surface area contributed by atoms with E-state index in [1.807, 2.05) is 4.90 Å². The van der Waals surface area contributed by atoms with Gasteiger partial charge >= 0.3 is 6.03 Å². The van der Waals surface area contributed by atoms with Crippen LogP contribution in [0.3, 0.4) is 0 Å². The van der Waals surface area contributed by atoms with Gasteiger partial charge in [0.1, 0.15) is 5.69 Å². The molecule has 0 aromatic carbocycles. The standard InChI is InChI=1S/C18H26N4O2/c1-20-6-2-3-15(17(20)23)19-18(24)22-9-7-21(8-10-22)16-12-13-4-5-14(16)11-13/h2-3,6,13-14,16H,4-5,7-12H2,1H3,(H,19,24). The molecule has 4 rings (SSSR count). The molecule has 130 valence electrons. The Labute approximate surface area is 142 Å². The molecule has 3 aliphatic rings. The maximum atomic E-state index is 12.4. The lowest BCUT2D eigenvalue weighted by Gasteiger charge is -2.40. The average molecular weight is 330 g/mol. The molecule has 1 saturated heterocycles. The highest BCUT2D eigenvalue weighted by Crippen LogP contribution is 2.46. The normalized spacial score (nSPS) is 29.9. The van der Waals surface area contributed by atoms with Gasteiger partial charge in [0.25, 0.3) is 5.56 Å². The minimum atomic E-state index is -0.175. The first-order chi connectivity index (χ1) is 11.6. The Balaban J connectivity index is 1.33. The van der Waals surface area contributed by atoms with Crippen molar-refractivity contribution in [1.29, 1.82) is 0 Å². The molecule has 2 saturated carbocycles. The van der Waals surface area contributed by atoms with Gasteiger partial charge in [0, 0.05) is 45.5 Å². The van der Waals surface area contributed by atoms with E-state index in [9.17, 15) is 9.59 Å². The zero-order valence-corrected chi connectivity index (χ0v) is 14.3. The van der Waals surface area contributed by atoms with Gasteiger partial charge in [0.15, 0.2) is 0 Å².